The van der Waals surface area contributed by atoms with E-state index in [1.807, 2.05) is 6.07 Å². The van der Waals surface area contributed by atoms with Crippen molar-refractivity contribution in [2.24, 2.45) is 5.92 Å². The Morgan fingerprint density at radius 1 is 1.09 bits per heavy atom. The van der Waals surface area contributed by atoms with E-state index in [0.717, 1.165) is 63.3 Å². The Kier molecular flexibility index (Phi) is 6.05. The molecule has 4 nitrogen and oxygen atoms in total. The number of hydrogen-bond donors (Lipinski definition) is 0. The van der Waals surface area contributed by atoms with Gasteiger partial charge in [0.1, 0.15) is 5.75 Å². The molecule has 3 aliphatic rings. The molecular weight excluding hydrogens is 396 g/mol. The molecule has 2 heterocycles. The number of nitrogens with zero attached hydrogens (tertiary/aromatic N) is 2. The maximum atomic E-state index is 13.4. The second kappa shape index (κ2) is 9.11. The van der Waals surface area contributed by atoms with Crippen molar-refractivity contribution < 1.29 is 9.53 Å². The minimum absolute atomic E-state index is 0.0534. The summed E-state index contributed by atoms with van der Waals surface area (Å²) in [5, 5.41) is 0. The fourth-order valence-corrected chi connectivity index (χ4v) is 5.86. The van der Waals surface area contributed by atoms with Gasteiger partial charge in [0.05, 0.1) is 7.11 Å². The first-order valence-electron chi connectivity index (χ1n) is 12.1. The van der Waals surface area contributed by atoms with Gasteiger partial charge in [-0.15, -0.1) is 0 Å². The molecule has 0 aromatic heterocycles. The van der Waals surface area contributed by atoms with Gasteiger partial charge in [0.25, 0.3) is 0 Å². The highest BCUT2D eigenvalue weighted by atomic mass is 16.5. The molecule has 4 heteroatoms. The summed E-state index contributed by atoms with van der Waals surface area (Å²) >= 11 is 0. The number of rotatable bonds is 5. The average Bonchev–Trinajstić information content (AvgIpc) is 3.48. The number of carbonyl (C=O) groups is 1. The van der Waals surface area contributed by atoms with Gasteiger partial charge in [0.2, 0.25) is 5.91 Å². The number of methoxy groups -OCH3 is 1. The predicted molar refractivity (Wildman–Crippen MR) is 130 cm³/mol. The van der Waals surface area contributed by atoms with Crippen LogP contribution in [-0.4, -0.2) is 44.1 Å². The molecule has 1 saturated heterocycles. The Labute approximate surface area is 191 Å². The average molecular weight is 431 g/mol. The highest BCUT2D eigenvalue weighted by Crippen LogP contribution is 2.49. The molecule has 0 atom stereocenters. The van der Waals surface area contributed by atoms with Crippen molar-refractivity contribution in [3.05, 3.63) is 65.7 Å². The van der Waals surface area contributed by atoms with E-state index in [1.165, 1.54) is 24.0 Å². The maximum Gasteiger partial charge on any atom is 0.230 e. The lowest BCUT2D eigenvalue weighted by molar-refractivity contribution is -0.122. The fourth-order valence-electron chi connectivity index (χ4n) is 5.86. The van der Waals surface area contributed by atoms with Crippen LogP contribution in [0.5, 0.6) is 5.75 Å². The van der Waals surface area contributed by atoms with Crippen LogP contribution < -0.4 is 9.64 Å². The third-order valence-corrected chi connectivity index (χ3v) is 7.78. The summed E-state index contributed by atoms with van der Waals surface area (Å²) in [5.41, 5.74) is 3.75. The van der Waals surface area contributed by atoms with Gasteiger partial charge in [-0.25, -0.2) is 0 Å². The number of benzene rings is 2. The summed E-state index contributed by atoms with van der Waals surface area (Å²) in [7, 11) is 1.73. The molecule has 32 heavy (non-hydrogen) atoms. The first kappa shape index (κ1) is 21.3. The van der Waals surface area contributed by atoms with E-state index in [9.17, 15) is 4.79 Å². The Balaban J connectivity index is 1.31. The van der Waals surface area contributed by atoms with Crippen LogP contribution in [0.25, 0.3) is 6.08 Å². The van der Waals surface area contributed by atoms with E-state index in [1.54, 1.807) is 7.11 Å². The standard InChI is InChI=1S/C28H34N2O2/c1-32-24-13-14-26-25(20-24)28(21-30(26)27(31)23-11-5-6-12-23)15-18-29(19-16-28)17-7-10-22-8-3-2-4-9-22/h2-4,7-10,13-14,20,23H,5-6,11-12,15-19,21H2,1H3. The smallest absolute Gasteiger partial charge is 0.230 e. The molecule has 0 radical (unpaired) electrons. The first-order valence-corrected chi connectivity index (χ1v) is 12.1. The summed E-state index contributed by atoms with van der Waals surface area (Å²) in [6.07, 6.45) is 11.1. The Bertz CT molecular complexity index is 970. The first-order chi connectivity index (χ1) is 15.7. The summed E-state index contributed by atoms with van der Waals surface area (Å²) < 4.78 is 5.56. The molecule has 1 spiro atoms. The largest absolute Gasteiger partial charge is 0.497 e. The van der Waals surface area contributed by atoms with Crippen molar-refractivity contribution in [1.82, 2.24) is 4.90 Å². The Hall–Kier alpha value is -2.59. The summed E-state index contributed by atoms with van der Waals surface area (Å²) in [5.74, 6) is 1.45. The van der Waals surface area contributed by atoms with Crippen LogP contribution in [-0.2, 0) is 10.2 Å². The zero-order valence-electron chi connectivity index (χ0n) is 19.1. The summed E-state index contributed by atoms with van der Waals surface area (Å²) in [6, 6.07) is 16.8. The predicted octanol–water partition coefficient (Wildman–Crippen LogP) is 5.28. The second-order valence-corrected chi connectivity index (χ2v) is 9.68. The van der Waals surface area contributed by atoms with Gasteiger partial charge in [-0.2, -0.15) is 0 Å². The van der Waals surface area contributed by atoms with Crippen LogP contribution in [0, 0.1) is 5.92 Å². The van der Waals surface area contributed by atoms with Crippen molar-refractivity contribution in [2.75, 3.05) is 38.2 Å². The molecule has 0 N–H and O–H groups in total. The molecule has 2 aliphatic heterocycles. The quantitative estimate of drug-likeness (QED) is 0.647. The van der Waals surface area contributed by atoms with Crippen LogP contribution >= 0.6 is 0 Å². The highest BCUT2D eigenvalue weighted by molar-refractivity contribution is 5.98. The molecule has 0 bridgehead atoms. The Morgan fingerprint density at radius 2 is 1.84 bits per heavy atom. The van der Waals surface area contributed by atoms with Crippen LogP contribution in [0.3, 0.4) is 0 Å². The minimum atomic E-state index is 0.0534. The monoisotopic (exact) mass is 430 g/mol. The molecule has 168 valence electrons. The maximum absolute atomic E-state index is 13.4. The topological polar surface area (TPSA) is 32.8 Å². The van der Waals surface area contributed by atoms with E-state index in [4.69, 9.17) is 4.74 Å². The highest BCUT2D eigenvalue weighted by Gasteiger charge is 2.47. The van der Waals surface area contributed by atoms with Crippen LogP contribution in [0.15, 0.2) is 54.6 Å². The lowest BCUT2D eigenvalue weighted by Gasteiger charge is -2.39. The number of likely N-dealkylation sites (tertiary alicyclic amines) is 1. The van der Waals surface area contributed by atoms with E-state index in [0.29, 0.717) is 5.91 Å². The summed E-state index contributed by atoms with van der Waals surface area (Å²) in [4.78, 5) is 18.1. The number of amides is 1. The zero-order valence-corrected chi connectivity index (χ0v) is 19.1. The van der Waals surface area contributed by atoms with Crippen LogP contribution in [0.1, 0.15) is 49.7 Å². The van der Waals surface area contributed by atoms with E-state index < -0.39 is 0 Å². The van der Waals surface area contributed by atoms with Gasteiger partial charge in [-0.3, -0.25) is 9.69 Å². The van der Waals surface area contributed by atoms with E-state index >= 15 is 0 Å². The van der Waals surface area contributed by atoms with Crippen molar-refractivity contribution in [2.45, 2.75) is 43.9 Å². The van der Waals surface area contributed by atoms with Gasteiger partial charge in [0.15, 0.2) is 0 Å². The fraction of sp³-hybridized carbons (Fsp3) is 0.464. The van der Waals surface area contributed by atoms with Crippen LogP contribution in [0.4, 0.5) is 5.69 Å². The number of carbonyl (C=O) groups excluding carboxylic acids is 1. The molecule has 2 aromatic rings. The normalized spacial score (nSPS) is 20.8. The lowest BCUT2D eigenvalue weighted by atomic mass is 9.74. The van der Waals surface area contributed by atoms with Gasteiger partial charge in [-0.05, 0) is 68.1 Å². The third-order valence-electron chi connectivity index (χ3n) is 7.78. The van der Waals surface area contributed by atoms with Crippen molar-refractivity contribution in [3.63, 3.8) is 0 Å². The number of anilines is 1. The Morgan fingerprint density at radius 3 is 2.56 bits per heavy atom. The van der Waals surface area contributed by atoms with Crippen molar-refractivity contribution in [3.8, 4) is 5.75 Å². The second-order valence-electron chi connectivity index (χ2n) is 9.68. The van der Waals surface area contributed by atoms with E-state index in [-0.39, 0.29) is 11.3 Å². The zero-order chi connectivity index (χ0) is 22.0. The molecular formula is C28H34N2O2. The molecule has 2 aromatic carbocycles. The number of hydrogen-bond acceptors (Lipinski definition) is 3. The van der Waals surface area contributed by atoms with Crippen molar-refractivity contribution in [1.29, 1.82) is 0 Å². The van der Waals surface area contributed by atoms with Gasteiger partial charge in [-0.1, -0.05) is 55.3 Å². The van der Waals surface area contributed by atoms with E-state index in [2.05, 4.69) is 64.4 Å². The summed E-state index contributed by atoms with van der Waals surface area (Å²) in [6.45, 7) is 3.92. The molecule has 1 saturated carbocycles. The molecule has 0 unspecified atom stereocenters. The minimum Gasteiger partial charge on any atom is -0.497 e. The number of piperidine rings is 1. The lowest BCUT2D eigenvalue weighted by Crippen LogP contribution is -2.46. The van der Waals surface area contributed by atoms with Gasteiger partial charge < -0.3 is 9.64 Å². The molecule has 5 rings (SSSR count). The molecule has 1 amide bonds. The molecule has 1 aliphatic carbocycles. The van der Waals surface area contributed by atoms with Crippen molar-refractivity contribution >= 4 is 17.7 Å². The SMILES string of the molecule is COc1ccc2c(c1)C1(CCN(CC=Cc3ccccc3)CC1)CN2C(=O)C1CCCC1. The van der Waals surface area contributed by atoms with Gasteiger partial charge >= 0.3 is 0 Å². The van der Waals surface area contributed by atoms with Crippen LogP contribution in [0.2, 0.25) is 0 Å². The number of ether oxygens (including phenoxy) is 1. The number of fused-ring (bicyclic) bond motifs is 2. The molecule has 2 fully saturated rings. The third kappa shape index (κ3) is 4.09. The van der Waals surface area contributed by atoms with Gasteiger partial charge in [0, 0.05) is 30.1 Å².